The van der Waals surface area contributed by atoms with Gasteiger partial charge in [-0.05, 0) is 60.9 Å². The van der Waals surface area contributed by atoms with Gasteiger partial charge in [0.25, 0.3) is 5.91 Å². The molecule has 1 amide bonds. The molecule has 0 atom stereocenters. The first-order chi connectivity index (χ1) is 16.9. The van der Waals surface area contributed by atoms with Crippen molar-refractivity contribution in [3.05, 3.63) is 118 Å². The second-order valence-electron chi connectivity index (χ2n) is 8.63. The molecule has 176 valence electrons. The Morgan fingerprint density at radius 1 is 1.03 bits per heavy atom. The molecular weight excluding hydrogens is 463 g/mol. The van der Waals surface area contributed by atoms with Gasteiger partial charge in [-0.2, -0.15) is 5.10 Å². The molecule has 0 unspecified atom stereocenters. The molecule has 0 aliphatic heterocycles. The minimum absolute atomic E-state index is 0.209. The van der Waals surface area contributed by atoms with E-state index in [1.165, 1.54) is 23.4 Å². The summed E-state index contributed by atoms with van der Waals surface area (Å²) in [6.45, 7) is 5.35. The number of nitrogens with zero attached hydrogens (tertiary/aromatic N) is 3. The van der Waals surface area contributed by atoms with Gasteiger partial charge >= 0.3 is 0 Å². The molecule has 0 aliphatic carbocycles. The summed E-state index contributed by atoms with van der Waals surface area (Å²) < 4.78 is 17.2. The van der Waals surface area contributed by atoms with E-state index >= 15 is 0 Å². The number of nitrogens with one attached hydrogen (secondary N) is 1. The van der Waals surface area contributed by atoms with Gasteiger partial charge in [-0.3, -0.25) is 9.48 Å². The normalized spacial score (nSPS) is 11.2. The standard InChI is InChI=1S/C28H24ClFN4O/c1-18-19(2)34(15-20-6-4-3-5-7-20)27-11-9-21(12-25(18)27)28(35)32-24-14-31-33(17-24)16-22-8-10-23(30)13-26(22)29/h3-14,17H,15-16H2,1-2H3,(H,32,35). The van der Waals surface area contributed by atoms with E-state index in [0.717, 1.165) is 28.6 Å². The average molecular weight is 487 g/mol. The Balaban J connectivity index is 1.34. The summed E-state index contributed by atoms with van der Waals surface area (Å²) in [4.78, 5) is 13.0. The van der Waals surface area contributed by atoms with Crippen LogP contribution in [0.15, 0.2) is 79.1 Å². The molecular formula is C28H24ClFN4O. The van der Waals surface area contributed by atoms with Gasteiger partial charge in [-0.25, -0.2) is 4.39 Å². The summed E-state index contributed by atoms with van der Waals surface area (Å²) in [6.07, 6.45) is 3.31. The van der Waals surface area contributed by atoms with E-state index in [9.17, 15) is 9.18 Å². The number of amides is 1. The van der Waals surface area contributed by atoms with Crippen LogP contribution in [0.5, 0.6) is 0 Å². The van der Waals surface area contributed by atoms with E-state index < -0.39 is 0 Å². The van der Waals surface area contributed by atoms with Gasteiger partial charge in [0.15, 0.2) is 0 Å². The van der Waals surface area contributed by atoms with Crippen LogP contribution in [0.1, 0.15) is 32.7 Å². The molecule has 0 spiro atoms. The molecule has 5 aromatic rings. The van der Waals surface area contributed by atoms with Crippen LogP contribution in [0.2, 0.25) is 5.02 Å². The van der Waals surface area contributed by atoms with E-state index in [-0.39, 0.29) is 11.7 Å². The first-order valence-corrected chi connectivity index (χ1v) is 11.7. The first-order valence-electron chi connectivity index (χ1n) is 11.3. The van der Waals surface area contributed by atoms with Crippen LogP contribution in [-0.2, 0) is 13.1 Å². The van der Waals surface area contributed by atoms with Gasteiger partial charge in [-0.1, -0.05) is 48.0 Å². The lowest BCUT2D eigenvalue weighted by Gasteiger charge is -2.09. The lowest BCUT2D eigenvalue weighted by Crippen LogP contribution is -2.11. The topological polar surface area (TPSA) is 51.9 Å². The zero-order chi connectivity index (χ0) is 24.5. The fourth-order valence-electron chi connectivity index (χ4n) is 4.30. The number of rotatable bonds is 6. The number of halogens is 2. The number of hydrogen-bond donors (Lipinski definition) is 1. The molecule has 7 heteroatoms. The largest absolute Gasteiger partial charge is 0.340 e. The maximum atomic E-state index is 13.3. The number of anilines is 1. The molecule has 35 heavy (non-hydrogen) atoms. The SMILES string of the molecule is Cc1c(C)n(Cc2ccccc2)c2ccc(C(=O)Nc3cnn(Cc4ccc(F)cc4Cl)c3)cc12. The van der Waals surface area contributed by atoms with Gasteiger partial charge in [0, 0.05) is 39.9 Å². The smallest absolute Gasteiger partial charge is 0.255 e. The number of aromatic nitrogens is 3. The second kappa shape index (κ2) is 9.39. The van der Waals surface area contributed by atoms with Crippen LogP contribution in [0.4, 0.5) is 10.1 Å². The van der Waals surface area contributed by atoms with E-state index in [2.05, 4.69) is 41.0 Å². The second-order valence-corrected chi connectivity index (χ2v) is 9.04. The Morgan fingerprint density at radius 3 is 2.60 bits per heavy atom. The Bertz CT molecular complexity index is 1540. The van der Waals surface area contributed by atoms with Gasteiger partial charge in [0.1, 0.15) is 5.82 Å². The van der Waals surface area contributed by atoms with Crippen LogP contribution < -0.4 is 5.32 Å². The summed E-state index contributed by atoms with van der Waals surface area (Å²) in [7, 11) is 0. The van der Waals surface area contributed by atoms with E-state index in [0.29, 0.717) is 22.8 Å². The molecule has 0 aliphatic rings. The number of aryl methyl sites for hydroxylation is 1. The minimum Gasteiger partial charge on any atom is -0.340 e. The molecule has 0 bridgehead atoms. The van der Waals surface area contributed by atoms with E-state index in [1.807, 2.05) is 36.4 Å². The van der Waals surface area contributed by atoms with Gasteiger partial charge < -0.3 is 9.88 Å². The van der Waals surface area contributed by atoms with Crippen LogP contribution in [0, 0.1) is 19.7 Å². The van der Waals surface area contributed by atoms with Crippen LogP contribution in [-0.4, -0.2) is 20.3 Å². The highest BCUT2D eigenvalue weighted by molar-refractivity contribution is 6.31. The van der Waals surface area contributed by atoms with Crippen molar-refractivity contribution in [2.24, 2.45) is 0 Å². The van der Waals surface area contributed by atoms with Gasteiger partial charge in [-0.15, -0.1) is 0 Å². The number of benzene rings is 3. The van der Waals surface area contributed by atoms with Gasteiger partial charge in [0.2, 0.25) is 0 Å². The summed E-state index contributed by atoms with van der Waals surface area (Å²) in [5, 5.41) is 8.60. The van der Waals surface area contributed by atoms with Crippen LogP contribution in [0.25, 0.3) is 10.9 Å². The molecule has 0 saturated carbocycles. The van der Waals surface area contributed by atoms with Crippen molar-refractivity contribution in [2.75, 3.05) is 5.32 Å². The van der Waals surface area contributed by atoms with Crippen molar-refractivity contribution >= 4 is 34.1 Å². The third-order valence-corrected chi connectivity index (χ3v) is 6.68. The molecule has 5 rings (SSSR count). The molecule has 1 N–H and O–H groups in total. The number of fused-ring (bicyclic) bond motifs is 1. The summed E-state index contributed by atoms with van der Waals surface area (Å²) in [6, 6.07) is 20.4. The van der Waals surface area contributed by atoms with Crippen molar-refractivity contribution in [3.63, 3.8) is 0 Å². The predicted octanol–water partition coefficient (Wildman–Crippen LogP) is 6.60. The average Bonchev–Trinajstić information content (AvgIpc) is 3.39. The molecule has 3 aromatic carbocycles. The van der Waals surface area contributed by atoms with Crippen molar-refractivity contribution < 1.29 is 9.18 Å². The van der Waals surface area contributed by atoms with Crippen LogP contribution >= 0.6 is 11.6 Å². The molecule has 0 fully saturated rings. The number of carbonyl (C=O) groups excluding carboxylic acids is 1. The van der Waals surface area contributed by atoms with Crippen molar-refractivity contribution in [1.82, 2.24) is 14.3 Å². The highest BCUT2D eigenvalue weighted by Crippen LogP contribution is 2.28. The number of hydrogen-bond acceptors (Lipinski definition) is 2. The summed E-state index contributed by atoms with van der Waals surface area (Å²) in [5.41, 5.74) is 6.56. The predicted molar refractivity (Wildman–Crippen MR) is 138 cm³/mol. The Labute approximate surface area is 207 Å². The minimum atomic E-state index is -0.384. The monoisotopic (exact) mass is 486 g/mol. The highest BCUT2D eigenvalue weighted by Gasteiger charge is 2.15. The zero-order valence-corrected chi connectivity index (χ0v) is 20.2. The number of carbonyl (C=O) groups is 1. The lowest BCUT2D eigenvalue weighted by molar-refractivity contribution is 0.102. The molecule has 2 aromatic heterocycles. The van der Waals surface area contributed by atoms with Crippen LogP contribution in [0.3, 0.4) is 0 Å². The zero-order valence-electron chi connectivity index (χ0n) is 19.4. The highest BCUT2D eigenvalue weighted by atomic mass is 35.5. The van der Waals surface area contributed by atoms with E-state index in [4.69, 9.17) is 11.6 Å². The fraction of sp³-hybridized carbons (Fsp3) is 0.143. The van der Waals surface area contributed by atoms with E-state index in [1.54, 1.807) is 23.1 Å². The Morgan fingerprint density at radius 2 is 1.83 bits per heavy atom. The van der Waals surface area contributed by atoms with Crippen molar-refractivity contribution in [1.29, 1.82) is 0 Å². The molecule has 2 heterocycles. The quantitative estimate of drug-likeness (QED) is 0.294. The van der Waals surface area contributed by atoms with Crippen molar-refractivity contribution in [3.8, 4) is 0 Å². The molecule has 5 nitrogen and oxygen atoms in total. The van der Waals surface area contributed by atoms with Gasteiger partial charge in [0.05, 0.1) is 18.4 Å². The third-order valence-electron chi connectivity index (χ3n) is 6.32. The maximum absolute atomic E-state index is 13.3. The van der Waals surface area contributed by atoms with Crippen molar-refractivity contribution in [2.45, 2.75) is 26.9 Å². The lowest BCUT2D eigenvalue weighted by atomic mass is 10.1. The Kier molecular flexibility index (Phi) is 6.14. The summed E-state index contributed by atoms with van der Waals surface area (Å²) in [5.74, 6) is -0.593. The summed E-state index contributed by atoms with van der Waals surface area (Å²) >= 11 is 6.12. The maximum Gasteiger partial charge on any atom is 0.255 e. The fourth-order valence-corrected chi connectivity index (χ4v) is 4.53. The Hall–Kier alpha value is -3.90. The first kappa shape index (κ1) is 22.9. The molecule has 0 saturated heterocycles. The third kappa shape index (κ3) is 4.70. The molecule has 0 radical (unpaired) electrons.